The Balaban J connectivity index is 1.64. The SMILES string of the molecule is COc1ccc(CNC(=O)[C@H]2CN(S(=O)(=O)c3ccc(C)cc3)c3cc(C(C)(C)C)ccc3O2)cc1OC. The summed E-state index contributed by atoms with van der Waals surface area (Å²) in [6.45, 7) is 8.12. The number of aryl methyl sites for hydroxylation is 1. The zero-order valence-electron chi connectivity index (χ0n) is 22.6. The molecule has 3 aromatic rings. The molecule has 0 aliphatic carbocycles. The van der Waals surface area contributed by atoms with Crippen molar-refractivity contribution in [2.75, 3.05) is 25.1 Å². The maximum absolute atomic E-state index is 13.8. The highest BCUT2D eigenvalue weighted by atomic mass is 32.2. The van der Waals surface area contributed by atoms with Gasteiger partial charge in [-0.3, -0.25) is 9.10 Å². The van der Waals surface area contributed by atoms with E-state index in [1.165, 1.54) is 4.31 Å². The second kappa shape index (κ2) is 10.6. The molecule has 0 unspecified atom stereocenters. The predicted octanol–water partition coefficient (Wildman–Crippen LogP) is 4.58. The van der Waals surface area contributed by atoms with Crippen molar-refractivity contribution in [3.63, 3.8) is 0 Å². The van der Waals surface area contributed by atoms with E-state index in [0.29, 0.717) is 22.9 Å². The molecule has 1 heterocycles. The molecule has 0 saturated heterocycles. The molecule has 9 heteroatoms. The molecule has 1 amide bonds. The molecule has 8 nitrogen and oxygen atoms in total. The van der Waals surface area contributed by atoms with Crippen LogP contribution in [0.25, 0.3) is 0 Å². The Hall–Kier alpha value is -3.72. The van der Waals surface area contributed by atoms with E-state index < -0.39 is 22.0 Å². The third-order valence-corrected chi connectivity index (χ3v) is 8.30. The third kappa shape index (κ3) is 5.57. The first-order valence-corrected chi connectivity index (χ1v) is 13.8. The van der Waals surface area contributed by atoms with E-state index in [0.717, 1.165) is 16.7 Å². The Kier molecular flexibility index (Phi) is 7.60. The molecule has 4 rings (SSSR count). The molecule has 1 aliphatic heterocycles. The van der Waals surface area contributed by atoms with Crippen molar-refractivity contribution in [1.82, 2.24) is 5.32 Å². The van der Waals surface area contributed by atoms with Gasteiger partial charge in [0, 0.05) is 6.54 Å². The van der Waals surface area contributed by atoms with Crippen LogP contribution in [-0.2, 0) is 26.8 Å². The third-order valence-electron chi connectivity index (χ3n) is 6.51. The smallest absolute Gasteiger partial charge is 0.264 e. The molecule has 0 fully saturated rings. The van der Waals surface area contributed by atoms with Crippen LogP contribution in [0.2, 0.25) is 0 Å². The molecule has 0 radical (unpaired) electrons. The zero-order chi connectivity index (χ0) is 27.7. The summed E-state index contributed by atoms with van der Waals surface area (Å²) in [6.07, 6.45) is -1.04. The molecule has 1 aliphatic rings. The van der Waals surface area contributed by atoms with Gasteiger partial charge in [-0.15, -0.1) is 0 Å². The average Bonchev–Trinajstić information content (AvgIpc) is 2.90. The summed E-state index contributed by atoms with van der Waals surface area (Å²) in [4.78, 5) is 13.4. The Labute approximate surface area is 224 Å². The van der Waals surface area contributed by atoms with Gasteiger partial charge in [0.2, 0.25) is 0 Å². The number of anilines is 1. The van der Waals surface area contributed by atoms with Crippen LogP contribution in [0.5, 0.6) is 17.2 Å². The zero-order valence-corrected chi connectivity index (χ0v) is 23.4. The van der Waals surface area contributed by atoms with Gasteiger partial charge < -0.3 is 19.5 Å². The highest BCUT2D eigenvalue weighted by Gasteiger charge is 2.38. The molecular weight excluding hydrogens is 504 g/mol. The predicted molar refractivity (Wildman–Crippen MR) is 147 cm³/mol. The summed E-state index contributed by atoms with van der Waals surface area (Å²) < 4.78 is 45.6. The van der Waals surface area contributed by atoms with Gasteiger partial charge in [0.05, 0.1) is 31.3 Å². The lowest BCUT2D eigenvalue weighted by Crippen LogP contribution is -2.50. The molecular formula is C29H34N2O6S. The van der Waals surface area contributed by atoms with Crippen LogP contribution >= 0.6 is 0 Å². The molecule has 38 heavy (non-hydrogen) atoms. The van der Waals surface area contributed by atoms with Gasteiger partial charge in [0.1, 0.15) is 5.75 Å². The van der Waals surface area contributed by atoms with Gasteiger partial charge in [-0.25, -0.2) is 8.42 Å². The number of sulfonamides is 1. The van der Waals surface area contributed by atoms with Crippen LogP contribution in [0, 0.1) is 6.92 Å². The summed E-state index contributed by atoms with van der Waals surface area (Å²) in [5.41, 5.74) is 2.92. The van der Waals surface area contributed by atoms with Crippen molar-refractivity contribution in [3.8, 4) is 17.2 Å². The number of benzene rings is 3. The minimum absolute atomic E-state index is 0.154. The van der Waals surface area contributed by atoms with Crippen LogP contribution in [0.3, 0.4) is 0 Å². The van der Waals surface area contributed by atoms with Gasteiger partial charge in [-0.05, 0) is 59.9 Å². The lowest BCUT2D eigenvalue weighted by molar-refractivity contribution is -0.127. The number of amides is 1. The topological polar surface area (TPSA) is 94.2 Å². The maximum Gasteiger partial charge on any atom is 0.264 e. The maximum atomic E-state index is 13.8. The fraction of sp³-hybridized carbons (Fsp3) is 0.345. The number of nitrogens with one attached hydrogen (secondary N) is 1. The van der Waals surface area contributed by atoms with E-state index in [-0.39, 0.29) is 23.4 Å². The highest BCUT2D eigenvalue weighted by Crippen LogP contribution is 2.40. The van der Waals surface area contributed by atoms with Crippen LogP contribution in [0.15, 0.2) is 65.6 Å². The summed E-state index contributed by atoms with van der Waals surface area (Å²) in [5, 5.41) is 2.86. The van der Waals surface area contributed by atoms with Crippen molar-refractivity contribution < 1.29 is 27.4 Å². The lowest BCUT2D eigenvalue weighted by atomic mass is 9.86. The van der Waals surface area contributed by atoms with Gasteiger partial charge in [-0.2, -0.15) is 0 Å². The largest absolute Gasteiger partial charge is 0.493 e. The first kappa shape index (κ1) is 27.3. The van der Waals surface area contributed by atoms with Gasteiger partial charge in [0.15, 0.2) is 17.6 Å². The fourth-order valence-electron chi connectivity index (χ4n) is 4.21. The second-order valence-electron chi connectivity index (χ2n) is 10.3. The van der Waals surface area contributed by atoms with Crippen molar-refractivity contribution in [1.29, 1.82) is 0 Å². The van der Waals surface area contributed by atoms with E-state index >= 15 is 0 Å². The molecule has 0 bridgehead atoms. The Bertz CT molecular complexity index is 1430. The molecule has 0 aromatic heterocycles. The molecule has 3 aromatic carbocycles. The molecule has 0 spiro atoms. The number of rotatable bonds is 7. The number of fused-ring (bicyclic) bond motifs is 1. The van der Waals surface area contributed by atoms with Crippen molar-refractivity contribution in [3.05, 3.63) is 77.4 Å². The Morgan fingerprint density at radius 2 is 1.68 bits per heavy atom. The summed E-state index contributed by atoms with van der Waals surface area (Å²) in [5.74, 6) is 1.05. The minimum atomic E-state index is -3.96. The molecule has 1 N–H and O–H groups in total. The van der Waals surface area contributed by atoms with E-state index in [1.807, 2.05) is 25.1 Å². The normalized spacial score (nSPS) is 15.3. The van der Waals surface area contributed by atoms with Crippen molar-refractivity contribution >= 4 is 21.6 Å². The van der Waals surface area contributed by atoms with Crippen LogP contribution in [-0.4, -0.2) is 41.2 Å². The lowest BCUT2D eigenvalue weighted by Gasteiger charge is -2.36. The van der Waals surface area contributed by atoms with E-state index in [9.17, 15) is 13.2 Å². The summed E-state index contributed by atoms with van der Waals surface area (Å²) in [6, 6.07) is 17.5. The van der Waals surface area contributed by atoms with Crippen LogP contribution in [0.1, 0.15) is 37.5 Å². The molecule has 1 atom stereocenters. The minimum Gasteiger partial charge on any atom is -0.493 e. The number of ether oxygens (including phenoxy) is 3. The van der Waals surface area contributed by atoms with Gasteiger partial charge in [-0.1, -0.05) is 50.6 Å². The molecule has 202 valence electrons. The van der Waals surface area contributed by atoms with E-state index in [1.54, 1.807) is 56.7 Å². The average molecular weight is 539 g/mol. The van der Waals surface area contributed by atoms with Crippen molar-refractivity contribution in [2.45, 2.75) is 50.7 Å². The Morgan fingerprint density at radius 3 is 2.32 bits per heavy atom. The number of hydrogen-bond donors (Lipinski definition) is 1. The first-order chi connectivity index (χ1) is 17.9. The Morgan fingerprint density at radius 1 is 1.00 bits per heavy atom. The van der Waals surface area contributed by atoms with Crippen molar-refractivity contribution in [2.24, 2.45) is 0 Å². The fourth-order valence-corrected chi connectivity index (χ4v) is 5.68. The quantitative estimate of drug-likeness (QED) is 0.473. The second-order valence-corrected chi connectivity index (χ2v) is 12.2. The number of methoxy groups -OCH3 is 2. The summed E-state index contributed by atoms with van der Waals surface area (Å²) >= 11 is 0. The summed E-state index contributed by atoms with van der Waals surface area (Å²) in [7, 11) is -0.864. The molecule has 0 saturated carbocycles. The number of carbonyl (C=O) groups excluding carboxylic acids is 1. The monoisotopic (exact) mass is 538 g/mol. The van der Waals surface area contributed by atoms with Crippen LogP contribution in [0.4, 0.5) is 5.69 Å². The highest BCUT2D eigenvalue weighted by molar-refractivity contribution is 7.92. The van der Waals surface area contributed by atoms with Gasteiger partial charge >= 0.3 is 0 Å². The number of carbonyl (C=O) groups is 1. The number of hydrogen-bond acceptors (Lipinski definition) is 6. The van der Waals surface area contributed by atoms with E-state index in [2.05, 4.69) is 26.1 Å². The van der Waals surface area contributed by atoms with Gasteiger partial charge in [0.25, 0.3) is 15.9 Å². The van der Waals surface area contributed by atoms with Crippen LogP contribution < -0.4 is 23.8 Å². The first-order valence-electron chi connectivity index (χ1n) is 12.3. The number of nitrogens with zero attached hydrogens (tertiary/aromatic N) is 1. The van der Waals surface area contributed by atoms with E-state index in [4.69, 9.17) is 14.2 Å². The standard InChI is InChI=1S/C29H34N2O6S/c1-19-7-11-22(12-8-19)38(33,34)31-18-27(37-24-14-10-21(16-23(24)31)29(2,3)4)28(32)30-17-20-9-13-25(35-5)26(15-20)36-6/h7-16,27H,17-18H2,1-6H3,(H,30,32)/t27-/m1/s1.